The number of rotatable bonds is 6. The Morgan fingerprint density at radius 1 is 1.30 bits per heavy atom. The monoisotopic (exact) mass is 404 g/mol. The van der Waals surface area contributed by atoms with Gasteiger partial charge in [-0.1, -0.05) is 10.6 Å². The number of furan rings is 1. The highest BCUT2D eigenvalue weighted by Gasteiger charge is 2.35. The van der Waals surface area contributed by atoms with Gasteiger partial charge in [-0.15, -0.1) is 16.4 Å². The first-order chi connectivity index (χ1) is 12.8. The van der Waals surface area contributed by atoms with Gasteiger partial charge in [0, 0.05) is 15.8 Å². The summed E-state index contributed by atoms with van der Waals surface area (Å²) in [5, 5.41) is 10.3. The third-order valence-electron chi connectivity index (χ3n) is 3.62. The van der Waals surface area contributed by atoms with Crippen molar-refractivity contribution in [3.63, 3.8) is 0 Å². The summed E-state index contributed by atoms with van der Waals surface area (Å²) < 4.78 is 9.20. The molecule has 27 heavy (non-hydrogen) atoms. The minimum atomic E-state index is -0.802. The number of carbonyl (C=O) groups is 2. The SMILES string of the molecule is CC(C)(C)NC(=O)[C@@H](c1cccs1)N(Cc1ccco1)C(=O)c1csnn1. The van der Waals surface area contributed by atoms with Gasteiger partial charge in [0.25, 0.3) is 5.91 Å². The maximum Gasteiger partial charge on any atom is 0.276 e. The highest BCUT2D eigenvalue weighted by atomic mass is 32.1. The first-order valence-corrected chi connectivity index (χ1v) is 10.0. The number of amides is 2. The molecule has 0 aliphatic carbocycles. The van der Waals surface area contributed by atoms with E-state index < -0.39 is 11.6 Å². The second kappa shape index (κ2) is 8.01. The molecule has 3 aromatic heterocycles. The minimum Gasteiger partial charge on any atom is -0.467 e. The number of thiophene rings is 1. The predicted molar refractivity (Wildman–Crippen MR) is 103 cm³/mol. The molecule has 0 saturated heterocycles. The zero-order valence-electron chi connectivity index (χ0n) is 15.2. The van der Waals surface area contributed by atoms with Crippen molar-refractivity contribution >= 4 is 34.7 Å². The molecule has 0 saturated carbocycles. The lowest BCUT2D eigenvalue weighted by molar-refractivity contribution is -0.127. The van der Waals surface area contributed by atoms with Crippen molar-refractivity contribution in [1.82, 2.24) is 19.8 Å². The molecule has 9 heteroatoms. The Kier molecular flexibility index (Phi) is 5.71. The molecule has 2 amide bonds. The van der Waals surface area contributed by atoms with Crippen LogP contribution in [0, 0.1) is 0 Å². The Morgan fingerprint density at radius 2 is 2.11 bits per heavy atom. The van der Waals surface area contributed by atoms with Gasteiger partial charge in [0.2, 0.25) is 5.91 Å². The molecule has 3 rings (SSSR count). The van der Waals surface area contributed by atoms with Crippen molar-refractivity contribution < 1.29 is 14.0 Å². The molecule has 1 atom stereocenters. The van der Waals surface area contributed by atoms with Crippen LogP contribution >= 0.6 is 22.9 Å². The molecule has 3 heterocycles. The number of hydrogen-bond donors (Lipinski definition) is 1. The molecule has 7 nitrogen and oxygen atoms in total. The van der Waals surface area contributed by atoms with Gasteiger partial charge in [-0.05, 0) is 55.9 Å². The van der Waals surface area contributed by atoms with E-state index in [2.05, 4.69) is 14.9 Å². The topological polar surface area (TPSA) is 88.3 Å². The Labute approximate surface area is 165 Å². The Hall–Kier alpha value is -2.52. The molecular weight excluding hydrogens is 384 g/mol. The zero-order chi connectivity index (χ0) is 19.4. The molecule has 0 aliphatic heterocycles. The fourth-order valence-electron chi connectivity index (χ4n) is 2.56. The number of hydrogen-bond acceptors (Lipinski definition) is 7. The van der Waals surface area contributed by atoms with Gasteiger partial charge in [-0.3, -0.25) is 9.59 Å². The molecular formula is C18H20N4O3S2. The maximum absolute atomic E-state index is 13.2. The van der Waals surface area contributed by atoms with E-state index in [1.807, 2.05) is 38.3 Å². The van der Waals surface area contributed by atoms with Crippen LogP contribution in [0.2, 0.25) is 0 Å². The van der Waals surface area contributed by atoms with Crippen LogP contribution in [0.3, 0.4) is 0 Å². The van der Waals surface area contributed by atoms with Gasteiger partial charge < -0.3 is 14.6 Å². The van der Waals surface area contributed by atoms with Crippen molar-refractivity contribution in [3.05, 3.63) is 57.6 Å². The van der Waals surface area contributed by atoms with Crippen molar-refractivity contribution in [2.45, 2.75) is 38.9 Å². The lowest BCUT2D eigenvalue weighted by atomic mass is 10.1. The van der Waals surface area contributed by atoms with E-state index in [9.17, 15) is 9.59 Å². The molecule has 0 unspecified atom stereocenters. The quantitative estimate of drug-likeness (QED) is 0.679. The van der Waals surface area contributed by atoms with Crippen LogP contribution in [-0.2, 0) is 11.3 Å². The van der Waals surface area contributed by atoms with Crippen LogP contribution in [0.25, 0.3) is 0 Å². The third kappa shape index (κ3) is 4.81. The molecule has 0 fully saturated rings. The number of nitrogens with one attached hydrogen (secondary N) is 1. The van der Waals surface area contributed by atoms with E-state index >= 15 is 0 Å². The van der Waals surface area contributed by atoms with E-state index in [0.717, 1.165) is 16.4 Å². The molecule has 0 aromatic carbocycles. The van der Waals surface area contributed by atoms with Gasteiger partial charge in [-0.2, -0.15) is 0 Å². The molecule has 0 aliphatic rings. The van der Waals surface area contributed by atoms with Crippen molar-refractivity contribution in [2.24, 2.45) is 0 Å². The maximum atomic E-state index is 13.2. The van der Waals surface area contributed by atoms with Crippen LogP contribution < -0.4 is 5.32 Å². The number of aromatic nitrogens is 2. The zero-order valence-corrected chi connectivity index (χ0v) is 16.8. The second-order valence-corrected chi connectivity index (χ2v) is 8.55. The van der Waals surface area contributed by atoms with Crippen LogP contribution in [0.15, 0.2) is 45.7 Å². The summed E-state index contributed by atoms with van der Waals surface area (Å²) in [5.41, 5.74) is -0.231. The van der Waals surface area contributed by atoms with Gasteiger partial charge >= 0.3 is 0 Å². The average molecular weight is 405 g/mol. The molecule has 0 radical (unpaired) electrons. The summed E-state index contributed by atoms with van der Waals surface area (Å²) in [4.78, 5) is 28.5. The normalized spacial score (nSPS) is 12.6. The fourth-order valence-corrected chi connectivity index (χ4v) is 3.83. The van der Waals surface area contributed by atoms with Crippen LogP contribution in [0.5, 0.6) is 0 Å². The van der Waals surface area contributed by atoms with Crippen molar-refractivity contribution in [3.8, 4) is 0 Å². The minimum absolute atomic E-state index is 0.142. The van der Waals surface area contributed by atoms with Crippen molar-refractivity contribution in [2.75, 3.05) is 0 Å². The molecule has 0 spiro atoms. The van der Waals surface area contributed by atoms with Gasteiger partial charge in [0.1, 0.15) is 11.8 Å². The van der Waals surface area contributed by atoms with E-state index in [4.69, 9.17) is 4.42 Å². The van der Waals surface area contributed by atoms with Gasteiger partial charge in [0.15, 0.2) is 5.69 Å². The average Bonchev–Trinajstić information content (AvgIpc) is 3.34. The fraction of sp³-hybridized carbons (Fsp3) is 0.333. The summed E-state index contributed by atoms with van der Waals surface area (Å²) in [6, 6.07) is 6.42. The molecule has 3 aromatic rings. The third-order valence-corrected chi connectivity index (χ3v) is 5.05. The first-order valence-electron chi connectivity index (χ1n) is 8.31. The lowest BCUT2D eigenvalue weighted by Gasteiger charge is -2.32. The van der Waals surface area contributed by atoms with Crippen LogP contribution in [-0.4, -0.2) is 31.8 Å². The standard InChI is InChI=1S/C18H20N4O3S2/c1-18(2,3)19-16(23)15(14-7-5-9-26-14)22(10-12-6-4-8-25-12)17(24)13-11-27-21-20-13/h4-9,11,15H,10H2,1-3H3,(H,19,23)/t15-/m1/s1. The van der Waals surface area contributed by atoms with E-state index in [-0.39, 0.29) is 24.1 Å². The molecule has 0 bridgehead atoms. The highest BCUT2D eigenvalue weighted by Crippen LogP contribution is 2.29. The number of nitrogens with zero attached hydrogens (tertiary/aromatic N) is 3. The van der Waals surface area contributed by atoms with Gasteiger partial charge in [0.05, 0.1) is 12.8 Å². The Morgan fingerprint density at radius 3 is 2.67 bits per heavy atom. The second-order valence-electron chi connectivity index (χ2n) is 6.96. The van der Waals surface area contributed by atoms with Crippen molar-refractivity contribution in [1.29, 1.82) is 0 Å². The van der Waals surface area contributed by atoms with E-state index in [1.165, 1.54) is 22.5 Å². The number of carbonyl (C=O) groups excluding carboxylic acids is 2. The summed E-state index contributed by atoms with van der Waals surface area (Å²) in [6.07, 6.45) is 1.54. The van der Waals surface area contributed by atoms with E-state index in [1.54, 1.807) is 17.5 Å². The Bertz CT molecular complexity index is 869. The molecule has 1 N–H and O–H groups in total. The van der Waals surface area contributed by atoms with Crippen LogP contribution in [0.1, 0.15) is 47.9 Å². The Balaban J connectivity index is 2.01. The first kappa shape index (κ1) is 19.2. The predicted octanol–water partition coefficient (Wildman–Crippen LogP) is 3.49. The van der Waals surface area contributed by atoms with Crippen LogP contribution in [0.4, 0.5) is 0 Å². The van der Waals surface area contributed by atoms with Gasteiger partial charge in [-0.25, -0.2) is 0 Å². The molecule has 142 valence electrons. The largest absolute Gasteiger partial charge is 0.467 e. The summed E-state index contributed by atoms with van der Waals surface area (Å²) >= 11 is 2.51. The lowest BCUT2D eigenvalue weighted by Crippen LogP contribution is -2.49. The summed E-state index contributed by atoms with van der Waals surface area (Å²) in [7, 11) is 0. The van der Waals surface area contributed by atoms with E-state index in [0.29, 0.717) is 5.76 Å². The summed E-state index contributed by atoms with van der Waals surface area (Å²) in [6.45, 7) is 5.85. The summed E-state index contributed by atoms with van der Waals surface area (Å²) in [5.74, 6) is -0.0488. The smallest absolute Gasteiger partial charge is 0.276 e. The highest BCUT2D eigenvalue weighted by molar-refractivity contribution is 7.10.